The lowest BCUT2D eigenvalue weighted by molar-refractivity contribution is 0.1000. The minimum absolute atomic E-state index is 0.234. The molecule has 1 aliphatic heterocycles. The van der Waals surface area contributed by atoms with Crippen molar-refractivity contribution < 1.29 is 14.3 Å². The first-order valence-corrected chi connectivity index (χ1v) is 10.5. The summed E-state index contributed by atoms with van der Waals surface area (Å²) in [4.78, 5) is 24.1. The Balaban J connectivity index is 1.38. The van der Waals surface area contributed by atoms with Crippen LogP contribution in [0.4, 0.5) is 0 Å². The van der Waals surface area contributed by atoms with E-state index in [1.165, 1.54) is 0 Å². The lowest BCUT2D eigenvalue weighted by atomic mass is 10.1. The van der Waals surface area contributed by atoms with Gasteiger partial charge >= 0.3 is 0 Å². The largest absolute Gasteiger partial charge is 0.454 e. The first kappa shape index (κ1) is 19.8. The minimum atomic E-state index is -0.412. The fraction of sp³-hybridized carbons (Fsp3) is 0.160. The highest BCUT2D eigenvalue weighted by Gasteiger charge is 2.19. The van der Waals surface area contributed by atoms with Crippen LogP contribution in [0.1, 0.15) is 28.2 Å². The summed E-state index contributed by atoms with van der Waals surface area (Å²) in [5, 5.41) is 0. The summed E-state index contributed by atoms with van der Waals surface area (Å²) >= 11 is 0. The summed E-state index contributed by atoms with van der Waals surface area (Å²) in [7, 11) is 0. The highest BCUT2D eigenvalue weighted by Crippen LogP contribution is 2.38. The van der Waals surface area contributed by atoms with Gasteiger partial charge in [-0.05, 0) is 60.9 Å². The number of nitrogens with two attached hydrogens (primary N) is 1. The van der Waals surface area contributed by atoms with Crippen LogP contribution in [0.25, 0.3) is 22.6 Å². The standard InChI is InChI=1S/C25H22N4O3/c26-25(30)17-9-7-16(8-10-17)4-3-6-22-28-23(24(29-22)19-5-1-2-13-27-19)18-11-12-20-21(14-18)32-15-31-20/h1-2,5,7-14H,3-4,6,15H2,(H2,26,30)(H,28,29). The Hall–Kier alpha value is -4.13. The molecule has 5 rings (SSSR count). The van der Waals surface area contributed by atoms with Crippen molar-refractivity contribution in [2.75, 3.05) is 6.79 Å². The second-order valence-corrected chi connectivity index (χ2v) is 7.60. The molecule has 2 aromatic heterocycles. The second-order valence-electron chi connectivity index (χ2n) is 7.60. The third kappa shape index (κ3) is 4.05. The van der Waals surface area contributed by atoms with Gasteiger partial charge in [0.2, 0.25) is 12.7 Å². The van der Waals surface area contributed by atoms with Crippen molar-refractivity contribution in [2.24, 2.45) is 5.73 Å². The maximum Gasteiger partial charge on any atom is 0.248 e. The smallest absolute Gasteiger partial charge is 0.248 e. The Labute approximate surface area is 185 Å². The van der Waals surface area contributed by atoms with E-state index in [1.54, 1.807) is 18.3 Å². The summed E-state index contributed by atoms with van der Waals surface area (Å²) in [5.74, 6) is 1.95. The number of hydrogen-bond donors (Lipinski definition) is 2. The van der Waals surface area contributed by atoms with Crippen LogP contribution in [0, 0.1) is 0 Å². The molecule has 3 N–H and O–H groups in total. The quantitative estimate of drug-likeness (QED) is 0.462. The Morgan fingerprint density at radius 3 is 2.62 bits per heavy atom. The highest BCUT2D eigenvalue weighted by molar-refractivity contribution is 5.92. The number of hydrogen-bond acceptors (Lipinski definition) is 5. The van der Waals surface area contributed by atoms with Crippen LogP contribution in [-0.2, 0) is 12.8 Å². The number of primary amides is 1. The van der Waals surface area contributed by atoms with Gasteiger partial charge in [0.15, 0.2) is 11.5 Å². The number of carbonyl (C=O) groups is 1. The van der Waals surface area contributed by atoms with Crippen LogP contribution in [0.2, 0.25) is 0 Å². The number of amides is 1. The molecule has 7 heteroatoms. The molecule has 0 saturated carbocycles. The molecule has 1 amide bonds. The maximum absolute atomic E-state index is 11.2. The molecule has 0 unspecified atom stereocenters. The van der Waals surface area contributed by atoms with Gasteiger partial charge in [-0.25, -0.2) is 4.98 Å². The number of aromatic nitrogens is 3. The van der Waals surface area contributed by atoms with E-state index >= 15 is 0 Å². The van der Waals surface area contributed by atoms with E-state index in [-0.39, 0.29) is 6.79 Å². The van der Waals surface area contributed by atoms with E-state index in [0.717, 1.165) is 64.8 Å². The normalized spacial score (nSPS) is 12.1. The van der Waals surface area contributed by atoms with Gasteiger partial charge in [0.05, 0.1) is 17.1 Å². The molecule has 2 aromatic carbocycles. The average Bonchev–Trinajstić information content (AvgIpc) is 3.46. The number of ether oxygens (including phenoxy) is 2. The Morgan fingerprint density at radius 2 is 1.84 bits per heavy atom. The summed E-state index contributed by atoms with van der Waals surface area (Å²) in [6.07, 6.45) is 4.33. The maximum atomic E-state index is 11.2. The molecule has 0 aliphatic carbocycles. The third-order valence-corrected chi connectivity index (χ3v) is 5.44. The van der Waals surface area contributed by atoms with Gasteiger partial charge in [-0.15, -0.1) is 0 Å². The fourth-order valence-electron chi connectivity index (χ4n) is 3.79. The lowest BCUT2D eigenvalue weighted by Gasteiger charge is -2.03. The number of benzene rings is 2. The Bertz CT molecular complexity index is 1250. The third-order valence-electron chi connectivity index (χ3n) is 5.44. The van der Waals surface area contributed by atoms with Crippen LogP contribution in [-0.4, -0.2) is 27.7 Å². The molecule has 0 fully saturated rings. The van der Waals surface area contributed by atoms with E-state index in [2.05, 4.69) is 9.97 Å². The van der Waals surface area contributed by atoms with Gasteiger partial charge in [0.1, 0.15) is 5.82 Å². The molecule has 7 nitrogen and oxygen atoms in total. The summed E-state index contributed by atoms with van der Waals surface area (Å²) in [6, 6.07) is 19.1. The topological polar surface area (TPSA) is 103 Å². The average molecular weight is 426 g/mol. The van der Waals surface area contributed by atoms with Gasteiger partial charge in [-0.2, -0.15) is 0 Å². The Morgan fingerprint density at radius 1 is 1.00 bits per heavy atom. The number of nitrogens with one attached hydrogen (secondary N) is 1. The van der Waals surface area contributed by atoms with E-state index in [0.29, 0.717) is 5.56 Å². The van der Waals surface area contributed by atoms with Gasteiger partial charge in [0, 0.05) is 23.7 Å². The second kappa shape index (κ2) is 8.55. The van der Waals surface area contributed by atoms with Gasteiger partial charge in [0.25, 0.3) is 0 Å². The zero-order chi connectivity index (χ0) is 21.9. The van der Waals surface area contributed by atoms with Crippen molar-refractivity contribution >= 4 is 5.91 Å². The number of aryl methyl sites for hydroxylation is 2. The first-order chi connectivity index (χ1) is 15.7. The molecule has 4 aromatic rings. The predicted molar refractivity (Wildman–Crippen MR) is 120 cm³/mol. The van der Waals surface area contributed by atoms with Crippen LogP contribution >= 0.6 is 0 Å². The molecule has 0 saturated heterocycles. The van der Waals surface area contributed by atoms with Crippen LogP contribution in [0.5, 0.6) is 11.5 Å². The lowest BCUT2D eigenvalue weighted by Crippen LogP contribution is -2.10. The van der Waals surface area contributed by atoms with Crippen molar-refractivity contribution in [1.82, 2.24) is 15.0 Å². The van der Waals surface area contributed by atoms with Crippen molar-refractivity contribution in [1.29, 1.82) is 0 Å². The number of imidazole rings is 1. The number of rotatable bonds is 7. The zero-order valence-electron chi connectivity index (χ0n) is 17.4. The van der Waals surface area contributed by atoms with Gasteiger partial charge in [-0.1, -0.05) is 18.2 Å². The van der Waals surface area contributed by atoms with Gasteiger partial charge < -0.3 is 20.2 Å². The number of pyridine rings is 1. The number of nitrogens with zero attached hydrogens (tertiary/aromatic N) is 2. The van der Waals surface area contributed by atoms with E-state index in [9.17, 15) is 4.79 Å². The SMILES string of the molecule is NC(=O)c1ccc(CCCc2nc(-c3ccc4c(c3)OCO4)c(-c3ccccn3)[nH]2)cc1. The van der Waals surface area contributed by atoms with Crippen molar-refractivity contribution in [3.8, 4) is 34.1 Å². The molecule has 32 heavy (non-hydrogen) atoms. The summed E-state index contributed by atoms with van der Waals surface area (Å²) in [5.41, 5.74) is 10.5. The molecule has 160 valence electrons. The first-order valence-electron chi connectivity index (χ1n) is 10.5. The molecule has 0 atom stereocenters. The van der Waals surface area contributed by atoms with E-state index in [1.807, 2.05) is 48.5 Å². The molecule has 0 bridgehead atoms. The number of fused-ring (bicyclic) bond motifs is 1. The molecule has 0 spiro atoms. The summed E-state index contributed by atoms with van der Waals surface area (Å²) < 4.78 is 11.0. The fourth-order valence-corrected chi connectivity index (χ4v) is 3.79. The monoisotopic (exact) mass is 426 g/mol. The molecule has 0 radical (unpaired) electrons. The van der Waals surface area contributed by atoms with Crippen LogP contribution < -0.4 is 15.2 Å². The zero-order valence-corrected chi connectivity index (χ0v) is 17.4. The molecular weight excluding hydrogens is 404 g/mol. The number of carbonyl (C=O) groups excluding carboxylic acids is 1. The van der Waals surface area contributed by atoms with Crippen molar-refractivity contribution in [3.63, 3.8) is 0 Å². The van der Waals surface area contributed by atoms with E-state index < -0.39 is 5.91 Å². The number of H-pyrrole nitrogens is 1. The molecule has 3 heterocycles. The molecular formula is C25H22N4O3. The number of aromatic amines is 1. The van der Waals surface area contributed by atoms with Crippen LogP contribution in [0.3, 0.4) is 0 Å². The van der Waals surface area contributed by atoms with Crippen LogP contribution in [0.15, 0.2) is 66.9 Å². The highest BCUT2D eigenvalue weighted by atomic mass is 16.7. The van der Waals surface area contributed by atoms with E-state index in [4.69, 9.17) is 20.2 Å². The van der Waals surface area contributed by atoms with Gasteiger partial charge in [-0.3, -0.25) is 9.78 Å². The van der Waals surface area contributed by atoms with Crippen molar-refractivity contribution in [2.45, 2.75) is 19.3 Å². The van der Waals surface area contributed by atoms with Crippen molar-refractivity contribution in [3.05, 3.63) is 83.8 Å². The molecule has 1 aliphatic rings. The Kier molecular flexibility index (Phi) is 5.29. The summed E-state index contributed by atoms with van der Waals surface area (Å²) in [6.45, 7) is 0.234. The minimum Gasteiger partial charge on any atom is -0.454 e. The predicted octanol–water partition coefficient (Wildman–Crippen LogP) is 4.14.